The summed E-state index contributed by atoms with van der Waals surface area (Å²) in [6.07, 6.45) is 2.46. The van der Waals surface area contributed by atoms with E-state index < -0.39 is 0 Å². The molecule has 3 nitrogen and oxygen atoms in total. The summed E-state index contributed by atoms with van der Waals surface area (Å²) in [5, 5.41) is 0.470. The van der Waals surface area contributed by atoms with Crippen LogP contribution in [0.3, 0.4) is 0 Å². The summed E-state index contributed by atoms with van der Waals surface area (Å²) in [7, 11) is 1.66. The van der Waals surface area contributed by atoms with E-state index in [1.165, 1.54) is 5.56 Å². The molecule has 1 aromatic heterocycles. The second-order valence-corrected chi connectivity index (χ2v) is 4.15. The van der Waals surface area contributed by atoms with Gasteiger partial charge in [0.15, 0.2) is 0 Å². The van der Waals surface area contributed by atoms with Crippen molar-refractivity contribution in [3.63, 3.8) is 0 Å². The van der Waals surface area contributed by atoms with E-state index in [1.807, 2.05) is 30.3 Å². The molecule has 1 heterocycles. The lowest BCUT2D eigenvalue weighted by Crippen LogP contribution is -2.01. The normalized spacial score (nSPS) is 10.1. The molecule has 0 aliphatic heterocycles. The summed E-state index contributed by atoms with van der Waals surface area (Å²) in [6.45, 7) is 0.607. The molecule has 0 unspecified atom stereocenters. The van der Waals surface area contributed by atoms with Crippen molar-refractivity contribution in [1.29, 1.82) is 0 Å². The Morgan fingerprint density at radius 3 is 2.39 bits per heavy atom. The van der Waals surface area contributed by atoms with Crippen LogP contribution in [0.4, 0.5) is 0 Å². The average molecular weight is 264 g/mol. The van der Waals surface area contributed by atoms with Crippen LogP contribution >= 0.6 is 11.6 Å². The van der Waals surface area contributed by atoms with Gasteiger partial charge in [0, 0.05) is 6.42 Å². The van der Waals surface area contributed by atoms with Gasteiger partial charge >= 0.3 is 0 Å². The van der Waals surface area contributed by atoms with E-state index in [4.69, 9.17) is 21.1 Å². The fourth-order valence-electron chi connectivity index (χ4n) is 1.53. The van der Waals surface area contributed by atoms with Crippen molar-refractivity contribution in [2.75, 3.05) is 13.7 Å². The first-order valence-corrected chi connectivity index (χ1v) is 6.03. The van der Waals surface area contributed by atoms with Crippen molar-refractivity contribution in [3.05, 3.63) is 53.3 Å². The molecule has 0 fully saturated rings. The van der Waals surface area contributed by atoms with Gasteiger partial charge in [0.25, 0.3) is 0 Å². The highest BCUT2D eigenvalue weighted by molar-refractivity contribution is 6.29. The Morgan fingerprint density at radius 2 is 1.78 bits per heavy atom. The minimum atomic E-state index is 0.470. The van der Waals surface area contributed by atoms with Crippen LogP contribution in [0, 0.1) is 0 Å². The molecule has 18 heavy (non-hydrogen) atoms. The van der Waals surface area contributed by atoms with Gasteiger partial charge in [0.05, 0.1) is 19.9 Å². The van der Waals surface area contributed by atoms with Crippen LogP contribution in [0.25, 0.3) is 0 Å². The molecule has 0 atom stereocenters. The van der Waals surface area contributed by atoms with Crippen molar-refractivity contribution < 1.29 is 9.47 Å². The zero-order valence-electron chi connectivity index (χ0n) is 10.1. The quantitative estimate of drug-likeness (QED) is 0.775. The van der Waals surface area contributed by atoms with Crippen LogP contribution in [0.15, 0.2) is 42.6 Å². The van der Waals surface area contributed by atoms with Gasteiger partial charge in [-0.25, -0.2) is 4.98 Å². The molecule has 0 saturated heterocycles. The predicted molar refractivity (Wildman–Crippen MR) is 71.4 cm³/mol. The second kappa shape index (κ2) is 6.26. The summed E-state index contributed by atoms with van der Waals surface area (Å²) in [5.74, 6) is 1.59. The number of halogens is 1. The van der Waals surface area contributed by atoms with Crippen LogP contribution in [0.5, 0.6) is 11.5 Å². The Labute approximate surface area is 111 Å². The lowest BCUT2D eigenvalue weighted by Gasteiger charge is -2.06. The topological polar surface area (TPSA) is 31.4 Å². The van der Waals surface area contributed by atoms with Crippen molar-refractivity contribution >= 4 is 11.6 Å². The number of ether oxygens (including phenoxy) is 2. The van der Waals surface area contributed by atoms with E-state index in [9.17, 15) is 0 Å². The summed E-state index contributed by atoms with van der Waals surface area (Å²) >= 11 is 5.69. The molecular formula is C14H14ClNO2. The van der Waals surface area contributed by atoms with E-state index >= 15 is 0 Å². The Hall–Kier alpha value is -1.74. The third-order valence-corrected chi connectivity index (χ3v) is 2.74. The van der Waals surface area contributed by atoms with Crippen molar-refractivity contribution in [2.24, 2.45) is 0 Å². The fourth-order valence-corrected chi connectivity index (χ4v) is 1.64. The van der Waals surface area contributed by atoms with Crippen LogP contribution in [0.2, 0.25) is 5.15 Å². The lowest BCUT2D eigenvalue weighted by atomic mass is 10.1. The Kier molecular flexibility index (Phi) is 4.42. The van der Waals surface area contributed by atoms with Gasteiger partial charge in [-0.2, -0.15) is 0 Å². The molecule has 0 aliphatic carbocycles. The maximum absolute atomic E-state index is 5.69. The van der Waals surface area contributed by atoms with Gasteiger partial charge in [0.1, 0.15) is 16.7 Å². The average Bonchev–Trinajstić information content (AvgIpc) is 2.42. The monoisotopic (exact) mass is 263 g/mol. The minimum Gasteiger partial charge on any atom is -0.497 e. The molecule has 2 rings (SSSR count). The number of hydrogen-bond donors (Lipinski definition) is 0. The summed E-state index contributed by atoms with van der Waals surface area (Å²) in [5.41, 5.74) is 1.21. The molecule has 2 aromatic rings. The van der Waals surface area contributed by atoms with Gasteiger partial charge < -0.3 is 9.47 Å². The third kappa shape index (κ3) is 3.64. The molecule has 1 aromatic carbocycles. The van der Waals surface area contributed by atoms with E-state index in [-0.39, 0.29) is 0 Å². The minimum absolute atomic E-state index is 0.470. The molecular weight excluding hydrogens is 250 g/mol. The molecule has 94 valence electrons. The maximum Gasteiger partial charge on any atom is 0.137 e. The van der Waals surface area contributed by atoms with Crippen molar-refractivity contribution in [1.82, 2.24) is 4.98 Å². The third-order valence-electron chi connectivity index (χ3n) is 2.52. The smallest absolute Gasteiger partial charge is 0.137 e. The molecule has 0 saturated carbocycles. The largest absolute Gasteiger partial charge is 0.497 e. The Morgan fingerprint density at radius 1 is 1.06 bits per heavy atom. The fraction of sp³-hybridized carbons (Fsp3) is 0.214. The van der Waals surface area contributed by atoms with Crippen LogP contribution in [-0.2, 0) is 6.42 Å². The van der Waals surface area contributed by atoms with E-state index in [1.54, 1.807) is 19.4 Å². The first-order chi connectivity index (χ1) is 8.78. The number of nitrogens with zero attached hydrogens (tertiary/aromatic N) is 1. The van der Waals surface area contributed by atoms with Gasteiger partial charge in [-0.15, -0.1) is 0 Å². The van der Waals surface area contributed by atoms with Gasteiger partial charge in [0.2, 0.25) is 0 Å². The zero-order valence-corrected chi connectivity index (χ0v) is 10.9. The zero-order chi connectivity index (χ0) is 12.8. The number of benzene rings is 1. The van der Waals surface area contributed by atoms with E-state index in [2.05, 4.69) is 4.98 Å². The Balaban J connectivity index is 1.82. The molecule has 0 N–H and O–H groups in total. The highest BCUT2D eigenvalue weighted by Crippen LogP contribution is 2.14. The van der Waals surface area contributed by atoms with Gasteiger partial charge in [-0.05, 0) is 29.8 Å². The number of rotatable bonds is 5. The van der Waals surface area contributed by atoms with Crippen molar-refractivity contribution in [2.45, 2.75) is 6.42 Å². The van der Waals surface area contributed by atoms with Crippen LogP contribution < -0.4 is 9.47 Å². The van der Waals surface area contributed by atoms with Crippen molar-refractivity contribution in [3.8, 4) is 11.5 Å². The molecule has 0 radical (unpaired) electrons. The highest BCUT2D eigenvalue weighted by Gasteiger charge is 1.97. The number of pyridine rings is 1. The lowest BCUT2D eigenvalue weighted by molar-refractivity contribution is 0.320. The van der Waals surface area contributed by atoms with Gasteiger partial charge in [-0.3, -0.25) is 0 Å². The predicted octanol–water partition coefficient (Wildman–Crippen LogP) is 3.37. The van der Waals surface area contributed by atoms with E-state index in [0.717, 1.165) is 17.9 Å². The van der Waals surface area contributed by atoms with Crippen LogP contribution in [-0.4, -0.2) is 18.7 Å². The second-order valence-electron chi connectivity index (χ2n) is 3.76. The highest BCUT2D eigenvalue weighted by atomic mass is 35.5. The number of methoxy groups -OCH3 is 1. The van der Waals surface area contributed by atoms with Crippen LogP contribution in [0.1, 0.15) is 5.56 Å². The SMILES string of the molecule is COc1ccc(CCOc2ccc(Cl)nc2)cc1. The molecule has 0 aliphatic rings. The first kappa shape index (κ1) is 12.7. The number of hydrogen-bond acceptors (Lipinski definition) is 3. The molecule has 4 heteroatoms. The molecule has 0 spiro atoms. The molecule has 0 bridgehead atoms. The summed E-state index contributed by atoms with van der Waals surface area (Å²) in [4.78, 5) is 3.95. The first-order valence-electron chi connectivity index (χ1n) is 5.65. The summed E-state index contributed by atoms with van der Waals surface area (Å²) in [6, 6.07) is 11.5. The molecule has 0 amide bonds. The summed E-state index contributed by atoms with van der Waals surface area (Å²) < 4.78 is 10.7. The number of aromatic nitrogens is 1. The Bertz CT molecular complexity index is 482. The van der Waals surface area contributed by atoms with E-state index in [0.29, 0.717) is 11.8 Å². The standard InChI is InChI=1S/C14H14ClNO2/c1-17-12-4-2-11(3-5-12)8-9-18-13-6-7-14(15)16-10-13/h2-7,10H,8-9H2,1H3. The maximum atomic E-state index is 5.69. The van der Waals surface area contributed by atoms with Gasteiger partial charge in [-0.1, -0.05) is 23.7 Å².